The largest absolute Gasteiger partial charge is 0.486 e. The topological polar surface area (TPSA) is 73.2 Å². The third kappa shape index (κ3) is 2.81. The molecule has 112 valence electrons. The fourth-order valence-corrected chi connectivity index (χ4v) is 3.00. The quantitative estimate of drug-likeness (QED) is 0.735. The van der Waals surface area contributed by atoms with E-state index in [-0.39, 0.29) is 19.3 Å². The Balaban J connectivity index is 2.36. The maximum Gasteiger partial charge on any atom is 0.126 e. The molecule has 20 heavy (non-hydrogen) atoms. The Morgan fingerprint density at radius 1 is 1.15 bits per heavy atom. The van der Waals surface area contributed by atoms with Gasteiger partial charge in [-0.3, -0.25) is 4.90 Å². The second-order valence-electron chi connectivity index (χ2n) is 5.62. The standard InChI is InChI=1S/C15H23NO4/c1-15(2)14(16(7-9-17)8-10-18)13(19)11-5-3-4-6-12(11)20-15/h3-6,13-14,17-19H,7-10H2,1-2H3. The van der Waals surface area contributed by atoms with E-state index in [0.29, 0.717) is 18.8 Å². The average Bonchev–Trinajstić information content (AvgIpc) is 2.38. The molecule has 0 fully saturated rings. The van der Waals surface area contributed by atoms with Gasteiger partial charge in [0.1, 0.15) is 17.5 Å². The Bertz CT molecular complexity index is 443. The van der Waals surface area contributed by atoms with Crippen LogP contribution in [0.2, 0.25) is 0 Å². The van der Waals surface area contributed by atoms with Gasteiger partial charge in [0.05, 0.1) is 19.3 Å². The summed E-state index contributed by atoms with van der Waals surface area (Å²) in [5, 5.41) is 29.1. The molecule has 1 aliphatic heterocycles. The summed E-state index contributed by atoms with van der Waals surface area (Å²) in [5.41, 5.74) is 0.135. The van der Waals surface area contributed by atoms with Crippen molar-refractivity contribution in [2.24, 2.45) is 0 Å². The van der Waals surface area contributed by atoms with E-state index in [9.17, 15) is 15.3 Å². The van der Waals surface area contributed by atoms with Crippen LogP contribution in [0.1, 0.15) is 25.5 Å². The summed E-state index contributed by atoms with van der Waals surface area (Å²) in [6, 6.07) is 7.11. The van der Waals surface area contributed by atoms with E-state index in [2.05, 4.69) is 0 Å². The maximum absolute atomic E-state index is 10.7. The van der Waals surface area contributed by atoms with Gasteiger partial charge in [0.15, 0.2) is 0 Å². The van der Waals surface area contributed by atoms with E-state index in [0.717, 1.165) is 5.56 Å². The summed E-state index contributed by atoms with van der Waals surface area (Å²) in [4.78, 5) is 1.88. The molecule has 1 aromatic rings. The first-order valence-corrected chi connectivity index (χ1v) is 6.93. The van der Waals surface area contributed by atoms with Gasteiger partial charge >= 0.3 is 0 Å². The van der Waals surface area contributed by atoms with Gasteiger partial charge in [0.2, 0.25) is 0 Å². The lowest BCUT2D eigenvalue weighted by Gasteiger charge is -2.47. The van der Waals surface area contributed by atoms with E-state index in [1.54, 1.807) is 0 Å². The molecule has 0 saturated carbocycles. The molecule has 1 aliphatic rings. The number of aliphatic hydroxyl groups excluding tert-OH is 3. The van der Waals surface area contributed by atoms with Gasteiger partial charge < -0.3 is 20.1 Å². The fourth-order valence-electron chi connectivity index (χ4n) is 3.00. The number of aliphatic hydroxyl groups is 3. The first-order chi connectivity index (χ1) is 9.51. The van der Waals surface area contributed by atoms with E-state index in [1.165, 1.54) is 0 Å². The molecule has 2 atom stereocenters. The first kappa shape index (κ1) is 15.3. The van der Waals surface area contributed by atoms with Crippen molar-refractivity contribution < 1.29 is 20.1 Å². The SMILES string of the molecule is CC1(C)Oc2ccccc2C(O)C1N(CCO)CCO. The van der Waals surface area contributed by atoms with E-state index in [4.69, 9.17) is 4.74 Å². The van der Waals surface area contributed by atoms with Crippen molar-refractivity contribution in [2.75, 3.05) is 26.3 Å². The lowest BCUT2D eigenvalue weighted by atomic mass is 9.85. The molecule has 2 unspecified atom stereocenters. The molecule has 0 amide bonds. The van der Waals surface area contributed by atoms with E-state index >= 15 is 0 Å². The molecule has 1 heterocycles. The van der Waals surface area contributed by atoms with Crippen molar-refractivity contribution in [3.63, 3.8) is 0 Å². The van der Waals surface area contributed by atoms with Crippen molar-refractivity contribution in [1.29, 1.82) is 0 Å². The lowest BCUT2D eigenvalue weighted by molar-refractivity contribution is -0.0883. The van der Waals surface area contributed by atoms with Crippen molar-refractivity contribution in [1.82, 2.24) is 4.90 Å². The zero-order chi connectivity index (χ0) is 14.8. The third-order valence-electron chi connectivity index (χ3n) is 3.79. The van der Waals surface area contributed by atoms with Crippen LogP contribution in [0.15, 0.2) is 24.3 Å². The molecule has 2 rings (SSSR count). The van der Waals surface area contributed by atoms with Crippen molar-refractivity contribution in [2.45, 2.75) is 31.6 Å². The summed E-state index contributed by atoms with van der Waals surface area (Å²) in [6.07, 6.45) is -0.715. The smallest absolute Gasteiger partial charge is 0.126 e. The molecular formula is C15H23NO4. The van der Waals surface area contributed by atoms with Crippen LogP contribution in [-0.4, -0.2) is 58.2 Å². The van der Waals surface area contributed by atoms with Crippen LogP contribution < -0.4 is 4.74 Å². The summed E-state index contributed by atoms with van der Waals surface area (Å²) < 4.78 is 6.01. The van der Waals surface area contributed by atoms with Gasteiger partial charge in [0, 0.05) is 18.7 Å². The molecule has 0 aliphatic carbocycles. The third-order valence-corrected chi connectivity index (χ3v) is 3.79. The summed E-state index contributed by atoms with van der Waals surface area (Å²) in [6.45, 7) is 4.55. The minimum absolute atomic E-state index is 0.0268. The van der Waals surface area contributed by atoms with Crippen molar-refractivity contribution >= 4 is 0 Å². The van der Waals surface area contributed by atoms with Crippen LogP contribution in [0.5, 0.6) is 5.75 Å². The minimum atomic E-state index is -0.715. The van der Waals surface area contributed by atoms with Gasteiger partial charge in [-0.1, -0.05) is 18.2 Å². The average molecular weight is 281 g/mol. The monoisotopic (exact) mass is 281 g/mol. The highest BCUT2D eigenvalue weighted by Gasteiger charge is 2.45. The number of rotatable bonds is 5. The Morgan fingerprint density at radius 3 is 2.35 bits per heavy atom. The molecule has 3 N–H and O–H groups in total. The molecule has 0 spiro atoms. The highest BCUT2D eigenvalue weighted by Crippen LogP contribution is 2.41. The second kappa shape index (κ2) is 6.10. The predicted molar refractivity (Wildman–Crippen MR) is 75.6 cm³/mol. The summed E-state index contributed by atoms with van der Waals surface area (Å²) >= 11 is 0. The number of hydrogen-bond donors (Lipinski definition) is 3. The number of hydrogen-bond acceptors (Lipinski definition) is 5. The van der Waals surface area contributed by atoms with E-state index < -0.39 is 11.7 Å². The Kier molecular flexibility index (Phi) is 4.65. The van der Waals surface area contributed by atoms with Crippen LogP contribution in [0, 0.1) is 0 Å². The second-order valence-corrected chi connectivity index (χ2v) is 5.62. The molecule has 5 nitrogen and oxygen atoms in total. The van der Waals surface area contributed by atoms with Crippen LogP contribution in [-0.2, 0) is 0 Å². The normalized spacial score (nSPS) is 24.3. The summed E-state index contributed by atoms with van der Waals surface area (Å²) in [7, 11) is 0. The Labute approximate surface area is 119 Å². The van der Waals surface area contributed by atoms with Crippen molar-refractivity contribution in [3.05, 3.63) is 29.8 Å². The van der Waals surface area contributed by atoms with E-state index in [1.807, 2.05) is 43.0 Å². The zero-order valence-corrected chi connectivity index (χ0v) is 12.0. The summed E-state index contributed by atoms with van der Waals surface area (Å²) in [5.74, 6) is 0.689. The van der Waals surface area contributed by atoms with Gasteiger partial charge in [-0.15, -0.1) is 0 Å². The van der Waals surface area contributed by atoms with Crippen LogP contribution >= 0.6 is 0 Å². The number of ether oxygens (including phenoxy) is 1. The van der Waals surface area contributed by atoms with Crippen LogP contribution in [0.3, 0.4) is 0 Å². The zero-order valence-electron chi connectivity index (χ0n) is 12.0. The fraction of sp³-hybridized carbons (Fsp3) is 0.600. The highest BCUT2D eigenvalue weighted by molar-refractivity contribution is 5.39. The Morgan fingerprint density at radius 2 is 1.75 bits per heavy atom. The predicted octanol–water partition coefficient (Wildman–Crippen LogP) is 0.546. The molecule has 1 aromatic carbocycles. The first-order valence-electron chi connectivity index (χ1n) is 6.93. The van der Waals surface area contributed by atoms with Gasteiger partial charge in [-0.05, 0) is 19.9 Å². The highest BCUT2D eigenvalue weighted by atomic mass is 16.5. The van der Waals surface area contributed by atoms with Crippen LogP contribution in [0.4, 0.5) is 0 Å². The van der Waals surface area contributed by atoms with Crippen LogP contribution in [0.25, 0.3) is 0 Å². The van der Waals surface area contributed by atoms with Gasteiger partial charge in [-0.25, -0.2) is 0 Å². The van der Waals surface area contributed by atoms with Gasteiger partial charge in [-0.2, -0.15) is 0 Å². The maximum atomic E-state index is 10.7. The minimum Gasteiger partial charge on any atom is -0.486 e. The number of benzene rings is 1. The van der Waals surface area contributed by atoms with Crippen molar-refractivity contribution in [3.8, 4) is 5.75 Å². The van der Waals surface area contributed by atoms with Gasteiger partial charge in [0.25, 0.3) is 0 Å². The molecule has 0 saturated heterocycles. The molecule has 0 radical (unpaired) electrons. The molecular weight excluding hydrogens is 258 g/mol. The number of fused-ring (bicyclic) bond motifs is 1. The Hall–Kier alpha value is -1.14. The molecule has 5 heteroatoms. The lowest BCUT2D eigenvalue weighted by Crippen LogP contribution is -2.59. The molecule has 0 aromatic heterocycles. The number of para-hydroxylation sites is 1. The molecule has 0 bridgehead atoms. The number of nitrogens with zero attached hydrogens (tertiary/aromatic N) is 1.